The van der Waals surface area contributed by atoms with Crippen molar-refractivity contribution < 1.29 is 9.53 Å². The van der Waals surface area contributed by atoms with Crippen molar-refractivity contribution in [1.82, 2.24) is 25.1 Å². The first-order valence-electron chi connectivity index (χ1n) is 9.23. The molecule has 0 radical (unpaired) electrons. The molecule has 0 bridgehead atoms. The summed E-state index contributed by atoms with van der Waals surface area (Å²) in [6, 6.07) is 12.5. The maximum Gasteiger partial charge on any atom is 0.319 e. The van der Waals surface area contributed by atoms with E-state index in [2.05, 4.69) is 25.7 Å². The summed E-state index contributed by atoms with van der Waals surface area (Å²) < 4.78 is 7.47. The van der Waals surface area contributed by atoms with Crippen LogP contribution in [0.4, 0.5) is 10.5 Å². The molecule has 2 aromatic heterocycles. The maximum atomic E-state index is 12.2. The Morgan fingerprint density at radius 3 is 2.71 bits per heavy atom. The van der Waals surface area contributed by atoms with Crippen molar-refractivity contribution >= 4 is 11.7 Å². The molecule has 1 aromatic carbocycles. The lowest BCUT2D eigenvalue weighted by Gasteiger charge is -2.15. The van der Waals surface area contributed by atoms with E-state index in [1.807, 2.05) is 44.2 Å². The van der Waals surface area contributed by atoms with Gasteiger partial charge in [-0.05, 0) is 50.2 Å². The summed E-state index contributed by atoms with van der Waals surface area (Å²) in [5.74, 6) is 1.46. The van der Waals surface area contributed by atoms with Crippen LogP contribution in [-0.4, -0.2) is 32.4 Å². The zero-order valence-electron chi connectivity index (χ0n) is 16.0. The van der Waals surface area contributed by atoms with Gasteiger partial charge in [0.15, 0.2) is 0 Å². The molecule has 0 fully saturated rings. The third kappa shape index (κ3) is 5.29. The Morgan fingerprint density at radius 2 is 2.00 bits per heavy atom. The number of rotatable bonds is 8. The van der Waals surface area contributed by atoms with Crippen LogP contribution in [0.1, 0.15) is 31.4 Å². The zero-order chi connectivity index (χ0) is 19.8. The number of aryl methyl sites for hydroxylation is 1. The lowest BCUT2D eigenvalue weighted by atomic mass is 10.3. The van der Waals surface area contributed by atoms with E-state index in [0.717, 1.165) is 17.9 Å². The van der Waals surface area contributed by atoms with Crippen molar-refractivity contribution in [2.24, 2.45) is 0 Å². The smallest absolute Gasteiger partial charge is 0.319 e. The standard InChI is InChI=1S/C20H24N6O2/c1-3-26-19(22-14-23-26)15(2)24-20(27)25-17-7-9-18(10-8-17)28-13-11-16-6-4-5-12-21-16/h4-10,12,14-15H,3,11,13H2,1-2H3,(H2,24,25,27)/t15-/m0/s1. The van der Waals surface area contributed by atoms with Gasteiger partial charge >= 0.3 is 6.03 Å². The molecule has 146 valence electrons. The van der Waals surface area contributed by atoms with E-state index in [4.69, 9.17) is 4.74 Å². The summed E-state index contributed by atoms with van der Waals surface area (Å²) in [5.41, 5.74) is 1.67. The maximum absolute atomic E-state index is 12.2. The quantitative estimate of drug-likeness (QED) is 0.626. The number of benzene rings is 1. The van der Waals surface area contributed by atoms with E-state index in [1.54, 1.807) is 23.0 Å². The van der Waals surface area contributed by atoms with E-state index in [9.17, 15) is 4.79 Å². The number of nitrogens with zero attached hydrogens (tertiary/aromatic N) is 4. The summed E-state index contributed by atoms with van der Waals surface area (Å²) in [7, 11) is 0. The Morgan fingerprint density at radius 1 is 1.18 bits per heavy atom. The summed E-state index contributed by atoms with van der Waals surface area (Å²) in [6.45, 7) is 5.09. The fourth-order valence-corrected chi connectivity index (χ4v) is 2.73. The zero-order valence-corrected chi connectivity index (χ0v) is 16.0. The highest BCUT2D eigenvalue weighted by Crippen LogP contribution is 2.16. The minimum atomic E-state index is -0.304. The minimum absolute atomic E-state index is 0.253. The van der Waals surface area contributed by atoms with Crippen LogP contribution in [0.5, 0.6) is 5.75 Å². The van der Waals surface area contributed by atoms with Gasteiger partial charge in [0.05, 0.1) is 12.6 Å². The number of anilines is 1. The SMILES string of the molecule is CCn1ncnc1[C@H](C)NC(=O)Nc1ccc(OCCc2ccccn2)cc1. The number of carbonyl (C=O) groups excluding carboxylic acids is 1. The molecule has 0 spiro atoms. The number of ether oxygens (including phenoxy) is 1. The molecule has 1 atom stereocenters. The first kappa shape index (κ1) is 19.3. The van der Waals surface area contributed by atoms with Crippen molar-refractivity contribution in [3.63, 3.8) is 0 Å². The molecule has 3 rings (SSSR count). The Kier molecular flexibility index (Phi) is 6.56. The van der Waals surface area contributed by atoms with Crippen LogP contribution in [0, 0.1) is 0 Å². The number of hydrogen-bond donors (Lipinski definition) is 2. The average molecular weight is 380 g/mol. The van der Waals surface area contributed by atoms with Gasteiger partial charge in [0.1, 0.15) is 17.9 Å². The number of amides is 2. The molecule has 0 unspecified atom stereocenters. The van der Waals surface area contributed by atoms with Crippen LogP contribution in [0.2, 0.25) is 0 Å². The van der Waals surface area contributed by atoms with Gasteiger partial charge in [-0.3, -0.25) is 4.98 Å². The van der Waals surface area contributed by atoms with Crippen LogP contribution in [0.3, 0.4) is 0 Å². The number of carbonyl (C=O) groups is 1. The third-order valence-corrected chi connectivity index (χ3v) is 4.15. The van der Waals surface area contributed by atoms with E-state index in [1.165, 1.54) is 6.33 Å². The Hall–Kier alpha value is -3.42. The normalized spacial score (nSPS) is 11.6. The Balaban J connectivity index is 1.46. The number of hydrogen-bond acceptors (Lipinski definition) is 5. The molecule has 2 N–H and O–H groups in total. The van der Waals surface area contributed by atoms with E-state index in [-0.39, 0.29) is 12.1 Å². The van der Waals surface area contributed by atoms with Crippen molar-refractivity contribution in [1.29, 1.82) is 0 Å². The summed E-state index contributed by atoms with van der Waals surface area (Å²) >= 11 is 0. The molecule has 28 heavy (non-hydrogen) atoms. The van der Waals surface area contributed by atoms with Gasteiger partial charge in [0, 0.05) is 30.5 Å². The van der Waals surface area contributed by atoms with Crippen LogP contribution in [-0.2, 0) is 13.0 Å². The highest BCUT2D eigenvalue weighted by atomic mass is 16.5. The first-order valence-corrected chi connectivity index (χ1v) is 9.23. The van der Waals surface area contributed by atoms with Crippen LogP contribution >= 0.6 is 0 Å². The van der Waals surface area contributed by atoms with Gasteiger partial charge in [-0.25, -0.2) is 14.5 Å². The van der Waals surface area contributed by atoms with Crippen molar-refractivity contribution in [3.05, 3.63) is 66.5 Å². The second-order valence-corrected chi connectivity index (χ2v) is 6.20. The molecule has 3 aromatic rings. The minimum Gasteiger partial charge on any atom is -0.493 e. The highest BCUT2D eigenvalue weighted by Gasteiger charge is 2.15. The van der Waals surface area contributed by atoms with E-state index in [0.29, 0.717) is 24.7 Å². The molecule has 0 saturated carbocycles. The van der Waals surface area contributed by atoms with Gasteiger partial charge < -0.3 is 15.4 Å². The monoisotopic (exact) mass is 380 g/mol. The molecule has 0 aliphatic heterocycles. The third-order valence-electron chi connectivity index (χ3n) is 4.15. The highest BCUT2D eigenvalue weighted by molar-refractivity contribution is 5.89. The number of urea groups is 1. The molecule has 0 aliphatic carbocycles. The lowest BCUT2D eigenvalue weighted by molar-refractivity contribution is 0.248. The van der Waals surface area contributed by atoms with Crippen LogP contribution in [0.15, 0.2) is 55.0 Å². The number of nitrogens with one attached hydrogen (secondary N) is 2. The summed E-state index contributed by atoms with van der Waals surface area (Å²) in [6.07, 6.45) is 4.00. The molecular weight excluding hydrogens is 356 g/mol. The average Bonchev–Trinajstić information content (AvgIpc) is 3.19. The fraction of sp³-hybridized carbons (Fsp3) is 0.300. The molecule has 2 heterocycles. The second-order valence-electron chi connectivity index (χ2n) is 6.20. The summed E-state index contributed by atoms with van der Waals surface area (Å²) in [5, 5.41) is 9.79. The summed E-state index contributed by atoms with van der Waals surface area (Å²) in [4.78, 5) is 20.7. The Bertz CT molecular complexity index is 879. The van der Waals surface area contributed by atoms with Crippen LogP contribution in [0.25, 0.3) is 0 Å². The van der Waals surface area contributed by atoms with Gasteiger partial charge in [-0.1, -0.05) is 6.07 Å². The van der Waals surface area contributed by atoms with Gasteiger partial charge in [-0.15, -0.1) is 0 Å². The van der Waals surface area contributed by atoms with Gasteiger partial charge in [0.2, 0.25) is 0 Å². The van der Waals surface area contributed by atoms with E-state index >= 15 is 0 Å². The largest absolute Gasteiger partial charge is 0.493 e. The molecule has 8 nitrogen and oxygen atoms in total. The van der Waals surface area contributed by atoms with Crippen molar-refractivity contribution in [2.75, 3.05) is 11.9 Å². The molecular formula is C20H24N6O2. The van der Waals surface area contributed by atoms with Crippen molar-refractivity contribution in [2.45, 2.75) is 32.9 Å². The Labute approximate surface area is 164 Å². The second kappa shape index (κ2) is 9.50. The van der Waals surface area contributed by atoms with Crippen LogP contribution < -0.4 is 15.4 Å². The molecule has 8 heteroatoms. The predicted molar refractivity (Wildman–Crippen MR) is 106 cm³/mol. The molecule has 2 amide bonds. The number of aromatic nitrogens is 4. The fourth-order valence-electron chi connectivity index (χ4n) is 2.73. The first-order chi connectivity index (χ1) is 13.7. The molecule has 0 saturated heterocycles. The van der Waals surface area contributed by atoms with E-state index < -0.39 is 0 Å². The lowest BCUT2D eigenvalue weighted by Crippen LogP contribution is -2.32. The molecule has 0 aliphatic rings. The number of pyridine rings is 1. The van der Waals surface area contributed by atoms with Crippen molar-refractivity contribution in [3.8, 4) is 5.75 Å². The van der Waals surface area contributed by atoms with Gasteiger partial charge in [-0.2, -0.15) is 5.10 Å². The van der Waals surface area contributed by atoms with Gasteiger partial charge in [0.25, 0.3) is 0 Å². The topological polar surface area (TPSA) is 94.0 Å². The predicted octanol–water partition coefficient (Wildman–Crippen LogP) is 3.20.